The van der Waals surface area contributed by atoms with Crippen LogP contribution in [0.5, 0.6) is 17.2 Å². The first-order valence-electron chi connectivity index (χ1n) is 12.7. The molecule has 0 N–H and O–H groups in total. The van der Waals surface area contributed by atoms with Crippen LogP contribution in [0.3, 0.4) is 0 Å². The average molecular weight is 521 g/mol. The molecule has 2 aliphatic heterocycles. The second kappa shape index (κ2) is 11.3. The Labute approximate surface area is 221 Å². The lowest BCUT2D eigenvalue weighted by Gasteiger charge is -2.37. The van der Waals surface area contributed by atoms with Crippen LogP contribution in [0.2, 0.25) is 0 Å². The highest BCUT2D eigenvalue weighted by molar-refractivity contribution is 7.10. The molecular weight excluding hydrogens is 488 g/mol. The van der Waals surface area contributed by atoms with Crippen LogP contribution in [0.15, 0.2) is 60.0 Å². The van der Waals surface area contributed by atoms with Crippen molar-refractivity contribution in [2.75, 3.05) is 33.0 Å². The van der Waals surface area contributed by atoms with Gasteiger partial charge in [-0.3, -0.25) is 9.59 Å². The maximum absolute atomic E-state index is 13.8. The second-order valence-electron chi connectivity index (χ2n) is 9.75. The highest BCUT2D eigenvalue weighted by Crippen LogP contribution is 2.35. The summed E-state index contributed by atoms with van der Waals surface area (Å²) in [6.45, 7) is 5.86. The summed E-state index contributed by atoms with van der Waals surface area (Å²) in [6, 6.07) is 16.7. The number of rotatable bonds is 9. The van der Waals surface area contributed by atoms with Gasteiger partial charge in [0.25, 0.3) is 5.91 Å². The molecule has 2 amide bonds. The van der Waals surface area contributed by atoms with Crippen molar-refractivity contribution >= 4 is 23.2 Å². The Morgan fingerprint density at radius 1 is 1.11 bits per heavy atom. The normalized spacial score (nSPS) is 16.0. The van der Waals surface area contributed by atoms with Gasteiger partial charge in [-0.1, -0.05) is 32.0 Å². The number of amides is 2. The summed E-state index contributed by atoms with van der Waals surface area (Å²) in [5.41, 5.74) is 1.62. The van der Waals surface area contributed by atoms with E-state index >= 15 is 0 Å². The molecule has 1 atom stereocenters. The zero-order valence-electron chi connectivity index (χ0n) is 21.2. The molecule has 1 aromatic heterocycles. The van der Waals surface area contributed by atoms with Crippen molar-refractivity contribution in [1.82, 2.24) is 9.80 Å². The number of ether oxygens (including phenoxy) is 3. The standard InChI is InChI=1S/C29H32N2O5S/c1-20(2)10-13-30(29(33)21-8-9-25-26(16-21)36-19-35-25)17-28(32)31-14-11-27-23(12-15-37-27)24(31)18-34-22-6-4-3-5-7-22/h3-9,12,15-16,20,24H,10-11,13-14,17-19H2,1-2H3. The van der Waals surface area contributed by atoms with Gasteiger partial charge in [0.15, 0.2) is 11.5 Å². The lowest BCUT2D eigenvalue weighted by molar-refractivity contribution is -0.135. The summed E-state index contributed by atoms with van der Waals surface area (Å²) in [4.78, 5) is 32.2. The van der Waals surface area contributed by atoms with Crippen LogP contribution in [0.25, 0.3) is 0 Å². The number of hydrogen-bond donors (Lipinski definition) is 0. The highest BCUT2D eigenvalue weighted by atomic mass is 32.1. The van der Waals surface area contributed by atoms with Crippen LogP contribution in [-0.4, -0.2) is 54.6 Å². The third-order valence-electron chi connectivity index (χ3n) is 6.78. The number of para-hydroxylation sites is 1. The lowest BCUT2D eigenvalue weighted by atomic mass is 10.00. The summed E-state index contributed by atoms with van der Waals surface area (Å²) in [5, 5.41) is 2.08. The van der Waals surface area contributed by atoms with E-state index < -0.39 is 0 Å². The molecule has 3 heterocycles. The van der Waals surface area contributed by atoms with Crippen LogP contribution >= 0.6 is 11.3 Å². The van der Waals surface area contributed by atoms with Crippen molar-refractivity contribution in [3.8, 4) is 17.2 Å². The number of thiophene rings is 1. The van der Waals surface area contributed by atoms with Gasteiger partial charge in [-0.2, -0.15) is 0 Å². The van der Waals surface area contributed by atoms with E-state index in [4.69, 9.17) is 14.2 Å². The van der Waals surface area contributed by atoms with Crippen molar-refractivity contribution in [1.29, 1.82) is 0 Å². The largest absolute Gasteiger partial charge is 0.491 e. The summed E-state index contributed by atoms with van der Waals surface area (Å²) < 4.78 is 17.0. The number of hydrogen-bond acceptors (Lipinski definition) is 6. The van der Waals surface area contributed by atoms with Crippen molar-refractivity contribution in [2.45, 2.75) is 32.7 Å². The van der Waals surface area contributed by atoms with Gasteiger partial charge in [-0.25, -0.2) is 0 Å². The van der Waals surface area contributed by atoms with Crippen LogP contribution < -0.4 is 14.2 Å². The van der Waals surface area contributed by atoms with E-state index in [1.807, 2.05) is 35.2 Å². The third-order valence-corrected chi connectivity index (χ3v) is 7.77. The molecule has 2 aromatic carbocycles. The Bertz CT molecular complexity index is 1240. The predicted molar refractivity (Wildman–Crippen MR) is 142 cm³/mol. The minimum absolute atomic E-state index is 0.0152. The Balaban J connectivity index is 1.34. The van der Waals surface area contributed by atoms with Crippen LogP contribution in [-0.2, 0) is 11.2 Å². The van der Waals surface area contributed by atoms with E-state index in [1.165, 1.54) is 4.88 Å². The number of carbonyl (C=O) groups is 2. The van der Waals surface area contributed by atoms with E-state index in [9.17, 15) is 9.59 Å². The average Bonchev–Trinajstić information content (AvgIpc) is 3.58. The van der Waals surface area contributed by atoms with Gasteiger partial charge in [0, 0.05) is 23.5 Å². The number of nitrogens with zero attached hydrogens (tertiary/aromatic N) is 2. The summed E-state index contributed by atoms with van der Waals surface area (Å²) in [7, 11) is 0. The molecule has 0 radical (unpaired) electrons. The first kappa shape index (κ1) is 25.1. The van der Waals surface area contributed by atoms with E-state index in [0.29, 0.717) is 42.7 Å². The monoisotopic (exact) mass is 520 g/mol. The molecule has 0 fully saturated rings. The fourth-order valence-electron chi connectivity index (χ4n) is 4.70. The SMILES string of the molecule is CC(C)CCN(CC(=O)N1CCc2sccc2C1COc1ccccc1)C(=O)c1ccc2c(c1)OCO2. The molecule has 1 unspecified atom stereocenters. The Hall–Kier alpha value is -3.52. The molecule has 3 aromatic rings. The number of carbonyl (C=O) groups excluding carboxylic acids is 2. The van der Waals surface area contributed by atoms with E-state index in [0.717, 1.165) is 24.2 Å². The summed E-state index contributed by atoms with van der Waals surface area (Å²) in [5.74, 6) is 2.10. The van der Waals surface area contributed by atoms with Gasteiger partial charge in [-0.05, 0) is 66.1 Å². The molecule has 0 saturated carbocycles. The zero-order valence-corrected chi connectivity index (χ0v) is 22.0. The Morgan fingerprint density at radius 2 is 1.92 bits per heavy atom. The summed E-state index contributed by atoms with van der Waals surface area (Å²) in [6.07, 6.45) is 1.61. The van der Waals surface area contributed by atoms with Crippen molar-refractivity contribution < 1.29 is 23.8 Å². The molecule has 7 nitrogen and oxygen atoms in total. The quantitative estimate of drug-likeness (QED) is 0.389. The zero-order chi connectivity index (χ0) is 25.8. The van der Waals surface area contributed by atoms with Crippen LogP contribution in [0.1, 0.15) is 47.1 Å². The molecule has 5 rings (SSSR count). The molecule has 37 heavy (non-hydrogen) atoms. The van der Waals surface area contributed by atoms with Crippen molar-refractivity contribution in [2.24, 2.45) is 5.92 Å². The maximum atomic E-state index is 13.8. The Kier molecular flexibility index (Phi) is 7.65. The molecule has 0 saturated heterocycles. The van der Waals surface area contributed by atoms with Gasteiger partial charge in [-0.15, -0.1) is 11.3 Å². The number of fused-ring (bicyclic) bond motifs is 2. The smallest absolute Gasteiger partial charge is 0.254 e. The molecule has 194 valence electrons. The molecule has 0 aliphatic carbocycles. The van der Waals surface area contributed by atoms with Crippen LogP contribution in [0.4, 0.5) is 0 Å². The molecule has 8 heteroatoms. The van der Waals surface area contributed by atoms with E-state index in [1.54, 1.807) is 34.4 Å². The summed E-state index contributed by atoms with van der Waals surface area (Å²) >= 11 is 1.72. The number of benzene rings is 2. The molecular formula is C29H32N2O5S. The van der Waals surface area contributed by atoms with Gasteiger partial charge >= 0.3 is 0 Å². The van der Waals surface area contributed by atoms with Crippen molar-refractivity contribution in [3.05, 3.63) is 76.0 Å². The molecule has 2 aliphatic rings. The maximum Gasteiger partial charge on any atom is 0.254 e. The predicted octanol–water partition coefficient (Wildman–Crippen LogP) is 5.17. The van der Waals surface area contributed by atoms with E-state index in [2.05, 4.69) is 25.3 Å². The Morgan fingerprint density at radius 3 is 2.73 bits per heavy atom. The van der Waals surface area contributed by atoms with Gasteiger partial charge < -0.3 is 24.0 Å². The second-order valence-corrected chi connectivity index (χ2v) is 10.8. The third kappa shape index (κ3) is 5.74. The fraction of sp³-hybridized carbons (Fsp3) is 0.379. The first-order chi connectivity index (χ1) is 18.0. The van der Waals surface area contributed by atoms with Gasteiger partial charge in [0.2, 0.25) is 12.7 Å². The van der Waals surface area contributed by atoms with Gasteiger partial charge in [0.05, 0.1) is 6.04 Å². The first-order valence-corrected chi connectivity index (χ1v) is 13.6. The molecule has 0 bridgehead atoms. The minimum atomic E-state index is -0.199. The van der Waals surface area contributed by atoms with E-state index in [-0.39, 0.29) is 31.2 Å². The van der Waals surface area contributed by atoms with Gasteiger partial charge in [0.1, 0.15) is 18.9 Å². The topological polar surface area (TPSA) is 68.3 Å². The van der Waals surface area contributed by atoms with Crippen LogP contribution in [0, 0.1) is 5.92 Å². The fourth-order valence-corrected chi connectivity index (χ4v) is 5.63. The minimum Gasteiger partial charge on any atom is -0.491 e. The molecule has 0 spiro atoms. The highest BCUT2D eigenvalue weighted by Gasteiger charge is 2.34. The van der Waals surface area contributed by atoms with Crippen molar-refractivity contribution in [3.63, 3.8) is 0 Å². The lowest BCUT2D eigenvalue weighted by Crippen LogP contribution is -2.48.